The van der Waals surface area contributed by atoms with Crippen LogP contribution in [-0.4, -0.2) is 121 Å². The van der Waals surface area contributed by atoms with E-state index in [2.05, 4.69) is 172 Å². The van der Waals surface area contributed by atoms with Crippen LogP contribution in [0.3, 0.4) is 0 Å². The van der Waals surface area contributed by atoms with Crippen molar-refractivity contribution in [3.05, 3.63) is 330 Å². The molecule has 8 aromatic rings. The number of benzene rings is 8. The molecule has 44 nitrogen and oxygen atoms in total. The number of hydrogen-bond acceptors (Lipinski definition) is 32. The van der Waals surface area contributed by atoms with Crippen molar-refractivity contribution in [2.24, 2.45) is 0 Å². The molecule has 0 fully saturated rings. The minimum atomic E-state index is -0.927. The van der Waals surface area contributed by atoms with Gasteiger partial charge in [-0.1, -0.05) is 85.5 Å². The summed E-state index contributed by atoms with van der Waals surface area (Å²) in [6, 6.07) is 20.4. The van der Waals surface area contributed by atoms with E-state index >= 15 is 0 Å². The van der Waals surface area contributed by atoms with Crippen LogP contribution in [0.15, 0.2) is 124 Å². The van der Waals surface area contributed by atoms with E-state index in [4.69, 9.17) is 168 Å². The molecule has 16 N–H and O–H groups in total. The van der Waals surface area contributed by atoms with Gasteiger partial charge in [-0.15, -0.1) is 0 Å². The van der Waals surface area contributed by atoms with Crippen LogP contribution in [0.1, 0.15) is 82.9 Å². The third-order valence-electron chi connectivity index (χ3n) is 13.5. The first kappa shape index (κ1) is 112. The van der Waals surface area contributed by atoms with Crippen molar-refractivity contribution in [1.29, 1.82) is 0 Å². The largest absolute Gasteiger partial charge is 0.397 e. The number of halogens is 12. The van der Waals surface area contributed by atoms with Crippen LogP contribution < -0.4 is 45.9 Å². The number of nitrogens with zero attached hydrogens (tertiary/aromatic N) is 12. The first-order chi connectivity index (χ1) is 60.1. The Bertz CT molecular complexity index is 5610. The number of carbonyl (C=O) groups is 8. The number of nitrogens with two attached hydrogens (primary N) is 8. The number of nitrogen functional groups attached to an aromatic ring is 8. The van der Waals surface area contributed by atoms with Gasteiger partial charge in [0.1, 0.15) is 11.4 Å². The van der Waals surface area contributed by atoms with Gasteiger partial charge in [0.15, 0.2) is 0 Å². The number of nitro benzene ring substituents is 4. The molecule has 0 saturated heterocycles. The van der Waals surface area contributed by atoms with Crippen molar-refractivity contribution in [3.8, 4) is 0 Å². The molecule has 0 aliphatic carbocycles. The molecule has 128 heavy (non-hydrogen) atoms. The maximum absolute atomic E-state index is 11.5. The first-order valence-electron chi connectivity index (χ1n) is 32.1. The van der Waals surface area contributed by atoms with Gasteiger partial charge in [-0.25, -0.2) is 90.9 Å². The third kappa shape index (κ3) is 36.7. The van der Waals surface area contributed by atoms with Crippen molar-refractivity contribution in [2.75, 3.05) is 99.7 Å². The molecule has 8 aromatic carbocycles. The minimum absolute atomic E-state index is 0.0329. The number of esters is 8. The predicted octanol–water partition coefficient (Wildman–Crippen LogP) is 18.5. The number of hydrogen-bond donors (Lipinski definition) is 8. The van der Waals surface area contributed by atoms with E-state index in [0.717, 1.165) is 36.4 Å². The van der Waals surface area contributed by atoms with Crippen LogP contribution in [0.5, 0.6) is 0 Å². The molecule has 0 aliphatic rings. The summed E-state index contributed by atoms with van der Waals surface area (Å²) < 4.78 is 39.5. The molecule has 0 saturated carbocycles. The number of ether oxygens (including phenoxy) is 8. The Kier molecular flexibility index (Phi) is 49.8. The molecular formula is C72H48Br6Cl6N20O24. The average Bonchev–Trinajstić information content (AvgIpc) is 0.849. The van der Waals surface area contributed by atoms with Gasteiger partial charge in [0, 0.05) is 68.3 Å². The topological polar surface area (TPSA) is 626 Å². The summed E-state index contributed by atoms with van der Waals surface area (Å²) in [4.78, 5) is 154. The predicted molar refractivity (Wildman–Crippen MR) is 485 cm³/mol. The maximum atomic E-state index is 11.5. The highest BCUT2D eigenvalue weighted by atomic mass is 79.9. The van der Waals surface area contributed by atoms with Gasteiger partial charge in [-0.3, -0.25) is 79.2 Å². The van der Waals surface area contributed by atoms with Crippen LogP contribution in [-0.2, 0) is 37.9 Å². The molecule has 0 radical (unpaired) electrons. The van der Waals surface area contributed by atoms with Gasteiger partial charge in [-0.05, 0) is 140 Å². The molecule has 0 bridgehead atoms. The second-order valence-electron chi connectivity index (χ2n) is 21.7. The van der Waals surface area contributed by atoms with Crippen molar-refractivity contribution in [1.82, 2.24) is 0 Å². The lowest BCUT2D eigenvalue weighted by Gasteiger charge is -2.06. The Labute approximate surface area is 800 Å². The summed E-state index contributed by atoms with van der Waals surface area (Å²) in [5.41, 5.74) is 43.7. The van der Waals surface area contributed by atoms with Crippen LogP contribution in [0.25, 0.3) is 38.8 Å². The van der Waals surface area contributed by atoms with Gasteiger partial charge in [0.25, 0.3) is 22.7 Å². The van der Waals surface area contributed by atoms with Gasteiger partial charge in [0.2, 0.25) is 0 Å². The average molecular weight is 2270 g/mol. The van der Waals surface area contributed by atoms with Crippen LogP contribution >= 0.6 is 165 Å². The number of non-ortho nitro benzene ring substituents is 2. The maximum Gasteiger partial charge on any atom is 0.359 e. The quantitative estimate of drug-likeness (QED) is 0.00877. The Hall–Kier alpha value is -13.9. The summed E-state index contributed by atoms with van der Waals surface area (Å²) in [6.45, 7) is 48.6. The Morgan fingerprint density at radius 1 is 0.273 bits per heavy atom. The van der Waals surface area contributed by atoms with Gasteiger partial charge in [0.05, 0.1) is 123 Å². The summed E-state index contributed by atoms with van der Waals surface area (Å²) in [5, 5.41) is 43.0. The highest BCUT2D eigenvalue weighted by molar-refractivity contribution is 9.11. The number of carbonyl (C=O) groups excluding carboxylic acids is 8. The summed E-state index contributed by atoms with van der Waals surface area (Å²) >= 11 is 53.0. The monoisotopic (exact) mass is 2260 g/mol. The number of anilines is 8. The molecule has 8 rings (SSSR count). The van der Waals surface area contributed by atoms with Crippen LogP contribution in [0, 0.1) is 93.0 Å². The summed E-state index contributed by atoms with van der Waals surface area (Å²) in [7, 11) is 0. The molecule has 0 atom stereocenters. The standard InChI is InChI=1S/2C9H6Br2N2O2.2C9H6BrN3O4.2C9H6Cl2N2O2.2C9H6ClN3O4/c1-13-4-15-9(14)6-2-5(10)3-7(11)8(6)12;1-13-4-15-9(14)5-2-6(10)8(12)7(11)3-5;1-12-4-17-9(14)6-2-5(13(15)16)3-7(10)8(6)11;1-12-4-17-9(14)5-2-6(10)8(11)7(3-5)13(15)16;1-13-4-15-9(14)6-2-5(10)3-7(11)8(6)12;1-13-4-15-9(14)5-2-6(10)8(12)7(11)3-5;1-12-4-17-9(14)6-2-5(13(15)16)3-7(10)8(6)11;1-12-4-17-9(14)5-2-6(10)8(11)7(3-5)13(15)16/h2*2-3H,4,12H2;2*2-3H,4,11H2;2*2-3H,4,12H2;2*2-3H,4,11H2. The zero-order valence-electron chi connectivity index (χ0n) is 63.2. The molecule has 0 spiro atoms. The molecular weight excluding hydrogens is 2220 g/mol. The molecule has 0 unspecified atom stereocenters. The Morgan fingerprint density at radius 3 is 0.852 bits per heavy atom. The second-order valence-corrected chi connectivity index (χ2v) is 29.4. The summed E-state index contributed by atoms with van der Waals surface area (Å²) in [5.74, 6) is -6.01. The fourth-order valence-corrected chi connectivity index (χ4v) is 12.5. The van der Waals surface area contributed by atoms with E-state index in [1.54, 1.807) is 24.3 Å². The molecule has 0 aromatic heterocycles. The lowest BCUT2D eigenvalue weighted by atomic mass is 10.1. The minimum Gasteiger partial charge on any atom is -0.397 e. The smallest absolute Gasteiger partial charge is 0.359 e. The van der Waals surface area contributed by atoms with Gasteiger partial charge >= 0.3 is 102 Å². The first-order valence-corrected chi connectivity index (χ1v) is 39.1. The molecule has 0 amide bonds. The highest BCUT2D eigenvalue weighted by Crippen LogP contribution is 2.37. The van der Waals surface area contributed by atoms with Crippen molar-refractivity contribution in [2.45, 2.75) is 0 Å². The highest BCUT2D eigenvalue weighted by Gasteiger charge is 2.26. The van der Waals surface area contributed by atoms with Gasteiger partial charge in [-0.2, -0.15) is 0 Å². The molecule has 56 heteroatoms. The SMILES string of the molecule is [C-]#[N+]COC(=O)c1cc(Br)c(N)c(Br)c1.[C-]#[N+]COC(=O)c1cc(Br)c(N)c([N+](=O)[O-])c1.[C-]#[N+]COC(=O)c1cc(Br)cc(Br)c1N.[C-]#[N+]COC(=O)c1cc(Cl)c(N)c(Cl)c1.[C-]#[N+]COC(=O)c1cc(Cl)c(N)c([N+](=O)[O-])c1.[C-]#[N+]COC(=O)c1cc(Cl)cc(Cl)c1N.[C-]#[N+]COC(=O)c1cc([N+](=O)[O-])cc(Br)c1N.[C-]#[N+]COC(=O)c1cc([N+](=O)[O-])cc(Cl)c1N. The normalized spacial score (nSPS) is 9.41. The fraction of sp³-hybridized carbons (Fsp3) is 0.111. The van der Waals surface area contributed by atoms with E-state index in [0.29, 0.717) is 34.8 Å². The Balaban J connectivity index is 0.000000732. The van der Waals surface area contributed by atoms with E-state index in [1.165, 1.54) is 36.4 Å². The third-order valence-corrected chi connectivity index (χ3v) is 19.0. The Morgan fingerprint density at radius 2 is 0.516 bits per heavy atom. The van der Waals surface area contributed by atoms with Crippen LogP contribution in [0.4, 0.5) is 68.2 Å². The number of rotatable bonds is 20. The van der Waals surface area contributed by atoms with Gasteiger partial charge < -0.3 is 83.8 Å². The van der Waals surface area contributed by atoms with E-state index < -0.39 is 106 Å². The zero-order chi connectivity index (χ0) is 97.7. The van der Waals surface area contributed by atoms with Crippen molar-refractivity contribution >= 4 is 281 Å². The van der Waals surface area contributed by atoms with Crippen LogP contribution in [0.2, 0.25) is 30.1 Å². The second kappa shape index (κ2) is 56.8. The van der Waals surface area contributed by atoms with E-state index in [9.17, 15) is 78.8 Å². The molecule has 664 valence electrons. The zero-order valence-corrected chi connectivity index (χ0v) is 77.3. The molecule has 0 heterocycles. The number of nitro groups is 4. The molecule has 0 aliphatic heterocycles. The van der Waals surface area contributed by atoms with Crippen molar-refractivity contribution < 1.29 is 95.9 Å². The lowest BCUT2D eigenvalue weighted by Crippen LogP contribution is -2.09. The van der Waals surface area contributed by atoms with Crippen molar-refractivity contribution in [3.63, 3.8) is 0 Å². The van der Waals surface area contributed by atoms with E-state index in [-0.39, 0.29) is 150 Å². The van der Waals surface area contributed by atoms with E-state index in [1.807, 2.05) is 0 Å². The summed E-state index contributed by atoms with van der Waals surface area (Å²) in [6.07, 6.45) is 0. The fourth-order valence-electron chi connectivity index (χ4n) is 7.78. The lowest BCUT2D eigenvalue weighted by molar-refractivity contribution is -0.385.